The predicted molar refractivity (Wildman–Crippen MR) is 69.2 cm³/mol. The van der Waals surface area contributed by atoms with Gasteiger partial charge in [-0.3, -0.25) is 4.79 Å². The zero-order valence-electron chi connectivity index (χ0n) is 10.3. The second-order valence-electron chi connectivity index (χ2n) is 4.48. The summed E-state index contributed by atoms with van der Waals surface area (Å²) in [6, 6.07) is 10.2. The van der Waals surface area contributed by atoms with Crippen molar-refractivity contribution in [1.29, 1.82) is 0 Å². The lowest BCUT2D eigenvalue weighted by molar-refractivity contribution is 0.0983. The van der Waals surface area contributed by atoms with Crippen LogP contribution in [0.2, 0.25) is 0 Å². The Morgan fingerprint density at radius 2 is 2.12 bits per heavy atom. The van der Waals surface area contributed by atoms with Crippen LogP contribution in [0, 0.1) is 6.92 Å². The molecule has 0 aliphatic heterocycles. The number of rotatable bonds is 4. The molecule has 2 aromatic rings. The first-order valence-corrected chi connectivity index (χ1v) is 5.86. The summed E-state index contributed by atoms with van der Waals surface area (Å²) in [6.07, 6.45) is 5.17. The Bertz CT molecular complexity index is 525. The van der Waals surface area contributed by atoms with E-state index in [9.17, 15) is 4.79 Å². The van der Waals surface area contributed by atoms with Gasteiger partial charge in [0.05, 0.1) is 0 Å². The summed E-state index contributed by atoms with van der Waals surface area (Å²) in [4.78, 5) is 11.9. The maximum atomic E-state index is 11.9. The average molecular weight is 227 g/mol. The molecular weight excluding hydrogens is 210 g/mol. The van der Waals surface area contributed by atoms with E-state index in [-0.39, 0.29) is 5.78 Å². The minimum atomic E-state index is 0.215. The van der Waals surface area contributed by atoms with Crippen LogP contribution < -0.4 is 0 Å². The lowest BCUT2D eigenvalue weighted by atomic mass is 10.0. The second kappa shape index (κ2) is 5.00. The summed E-state index contributed by atoms with van der Waals surface area (Å²) in [5.74, 6) is 0.215. The Morgan fingerprint density at radius 1 is 1.29 bits per heavy atom. The van der Waals surface area contributed by atoms with Crippen LogP contribution in [0.4, 0.5) is 0 Å². The fraction of sp³-hybridized carbons (Fsp3) is 0.267. The average Bonchev–Trinajstić information content (AvgIpc) is 2.73. The molecule has 0 radical (unpaired) electrons. The molecule has 2 nitrogen and oxygen atoms in total. The Balaban J connectivity index is 1.97. The SMILES string of the molecule is Cc1cccc(CCC(=O)c2ccn(C)c2)c1. The number of aryl methyl sites for hydroxylation is 3. The number of carbonyl (C=O) groups excluding carboxylic acids is 1. The number of aromatic nitrogens is 1. The summed E-state index contributed by atoms with van der Waals surface area (Å²) in [5, 5.41) is 0. The molecule has 2 heteroatoms. The normalized spacial score (nSPS) is 10.5. The van der Waals surface area contributed by atoms with E-state index in [1.165, 1.54) is 11.1 Å². The van der Waals surface area contributed by atoms with Crippen molar-refractivity contribution < 1.29 is 4.79 Å². The molecule has 0 saturated carbocycles. The van der Waals surface area contributed by atoms with Crippen molar-refractivity contribution in [2.45, 2.75) is 19.8 Å². The zero-order valence-corrected chi connectivity index (χ0v) is 10.3. The number of nitrogens with zero attached hydrogens (tertiary/aromatic N) is 1. The van der Waals surface area contributed by atoms with Crippen LogP contribution in [-0.4, -0.2) is 10.4 Å². The molecule has 1 aromatic carbocycles. The van der Waals surface area contributed by atoms with Crippen LogP contribution in [0.5, 0.6) is 0 Å². The van der Waals surface area contributed by atoms with Gasteiger partial charge in [0.15, 0.2) is 5.78 Å². The highest BCUT2D eigenvalue weighted by molar-refractivity contribution is 5.96. The molecular formula is C15H17NO. The monoisotopic (exact) mass is 227 g/mol. The first-order chi connectivity index (χ1) is 8.15. The Hall–Kier alpha value is -1.83. The van der Waals surface area contributed by atoms with E-state index in [1.54, 1.807) is 0 Å². The molecule has 2 rings (SSSR count). The van der Waals surface area contributed by atoms with Gasteiger partial charge in [-0.05, 0) is 25.0 Å². The molecule has 17 heavy (non-hydrogen) atoms. The van der Waals surface area contributed by atoms with E-state index >= 15 is 0 Å². The van der Waals surface area contributed by atoms with Crippen LogP contribution in [-0.2, 0) is 13.5 Å². The Kier molecular flexibility index (Phi) is 3.43. The van der Waals surface area contributed by atoms with Crippen molar-refractivity contribution in [3.05, 3.63) is 59.4 Å². The summed E-state index contributed by atoms with van der Waals surface area (Å²) in [7, 11) is 1.93. The molecule has 0 aliphatic rings. The third-order valence-corrected chi connectivity index (χ3v) is 2.88. The van der Waals surface area contributed by atoms with E-state index < -0.39 is 0 Å². The van der Waals surface area contributed by atoms with E-state index in [4.69, 9.17) is 0 Å². The highest BCUT2D eigenvalue weighted by Crippen LogP contribution is 2.10. The van der Waals surface area contributed by atoms with Gasteiger partial charge in [0.1, 0.15) is 0 Å². The fourth-order valence-corrected chi connectivity index (χ4v) is 1.94. The molecule has 0 aliphatic carbocycles. The minimum absolute atomic E-state index is 0.215. The third-order valence-electron chi connectivity index (χ3n) is 2.88. The number of benzene rings is 1. The molecule has 0 N–H and O–H groups in total. The summed E-state index contributed by atoms with van der Waals surface area (Å²) < 4.78 is 1.90. The maximum Gasteiger partial charge on any atom is 0.164 e. The summed E-state index contributed by atoms with van der Waals surface area (Å²) in [5.41, 5.74) is 3.28. The molecule has 0 amide bonds. The number of Topliss-reactive ketones (excluding diaryl/α,β-unsaturated/α-hetero) is 1. The highest BCUT2D eigenvalue weighted by Gasteiger charge is 2.07. The van der Waals surface area contributed by atoms with Gasteiger partial charge >= 0.3 is 0 Å². The van der Waals surface area contributed by atoms with Gasteiger partial charge in [0, 0.05) is 31.4 Å². The molecule has 0 fully saturated rings. The standard InChI is InChI=1S/C15H17NO/c1-12-4-3-5-13(10-12)6-7-15(17)14-8-9-16(2)11-14/h3-5,8-11H,6-7H2,1-2H3. The first-order valence-electron chi connectivity index (χ1n) is 5.86. The van der Waals surface area contributed by atoms with Gasteiger partial charge in [0.25, 0.3) is 0 Å². The Labute approximate surface area is 102 Å². The van der Waals surface area contributed by atoms with Gasteiger partial charge in [-0.1, -0.05) is 29.8 Å². The van der Waals surface area contributed by atoms with Crippen molar-refractivity contribution in [2.24, 2.45) is 7.05 Å². The van der Waals surface area contributed by atoms with E-state index in [0.29, 0.717) is 6.42 Å². The maximum absolute atomic E-state index is 11.9. The molecule has 0 saturated heterocycles. The summed E-state index contributed by atoms with van der Waals surface area (Å²) >= 11 is 0. The zero-order chi connectivity index (χ0) is 12.3. The summed E-state index contributed by atoms with van der Waals surface area (Å²) in [6.45, 7) is 2.07. The predicted octanol–water partition coefficient (Wildman–Crippen LogP) is 3.15. The van der Waals surface area contributed by atoms with Gasteiger partial charge < -0.3 is 4.57 Å². The first kappa shape index (κ1) is 11.6. The second-order valence-corrected chi connectivity index (χ2v) is 4.48. The molecule has 88 valence electrons. The van der Waals surface area contributed by atoms with Gasteiger partial charge in [-0.25, -0.2) is 0 Å². The number of ketones is 1. The molecule has 0 atom stereocenters. The van der Waals surface area contributed by atoms with Crippen molar-refractivity contribution >= 4 is 5.78 Å². The van der Waals surface area contributed by atoms with Crippen molar-refractivity contribution in [3.63, 3.8) is 0 Å². The minimum Gasteiger partial charge on any atom is -0.357 e. The molecule has 1 aromatic heterocycles. The van der Waals surface area contributed by atoms with Crippen molar-refractivity contribution in [1.82, 2.24) is 4.57 Å². The van der Waals surface area contributed by atoms with Crippen molar-refractivity contribution in [3.8, 4) is 0 Å². The van der Waals surface area contributed by atoms with Gasteiger partial charge in [-0.2, -0.15) is 0 Å². The van der Waals surface area contributed by atoms with Crippen LogP contribution in [0.3, 0.4) is 0 Å². The van der Waals surface area contributed by atoms with E-state index in [1.807, 2.05) is 36.1 Å². The molecule has 1 heterocycles. The molecule has 0 bridgehead atoms. The molecule has 0 unspecified atom stereocenters. The van der Waals surface area contributed by atoms with Crippen molar-refractivity contribution in [2.75, 3.05) is 0 Å². The van der Waals surface area contributed by atoms with Gasteiger partial charge in [-0.15, -0.1) is 0 Å². The number of carbonyl (C=O) groups is 1. The fourth-order valence-electron chi connectivity index (χ4n) is 1.94. The van der Waals surface area contributed by atoms with E-state index in [2.05, 4.69) is 25.1 Å². The van der Waals surface area contributed by atoms with Gasteiger partial charge in [0.2, 0.25) is 0 Å². The van der Waals surface area contributed by atoms with Crippen LogP contribution in [0.1, 0.15) is 27.9 Å². The lowest BCUT2D eigenvalue weighted by Gasteiger charge is -2.01. The van der Waals surface area contributed by atoms with Crippen LogP contribution in [0.15, 0.2) is 42.7 Å². The topological polar surface area (TPSA) is 22.0 Å². The quantitative estimate of drug-likeness (QED) is 0.735. The highest BCUT2D eigenvalue weighted by atomic mass is 16.1. The number of hydrogen-bond acceptors (Lipinski definition) is 1. The smallest absolute Gasteiger partial charge is 0.164 e. The number of hydrogen-bond donors (Lipinski definition) is 0. The van der Waals surface area contributed by atoms with Crippen LogP contribution in [0.25, 0.3) is 0 Å². The lowest BCUT2D eigenvalue weighted by Crippen LogP contribution is -2.00. The Morgan fingerprint density at radius 3 is 2.76 bits per heavy atom. The largest absolute Gasteiger partial charge is 0.357 e. The third kappa shape index (κ3) is 3.06. The van der Waals surface area contributed by atoms with Crippen LogP contribution >= 0.6 is 0 Å². The van der Waals surface area contributed by atoms with E-state index in [0.717, 1.165) is 12.0 Å². The molecule has 0 spiro atoms.